The van der Waals surface area contributed by atoms with E-state index in [1.807, 2.05) is 72.9 Å². The molecule has 0 radical (unpaired) electrons. The number of aromatic nitrogens is 4. The van der Waals surface area contributed by atoms with Crippen molar-refractivity contribution in [1.29, 1.82) is 0 Å². The Bertz CT molecular complexity index is 2270. The molecule has 0 aliphatic rings. The number of benzene rings is 4. The Morgan fingerprint density at radius 3 is 2.08 bits per heavy atom. The van der Waals surface area contributed by atoms with Gasteiger partial charge in [-0.15, -0.1) is 5.10 Å². The zero-order valence-corrected chi connectivity index (χ0v) is 34.4. The molecule has 0 aliphatic carbocycles. The van der Waals surface area contributed by atoms with E-state index in [0.29, 0.717) is 79.1 Å². The van der Waals surface area contributed by atoms with Gasteiger partial charge in [-0.1, -0.05) is 43.7 Å². The Labute approximate surface area is 343 Å². The van der Waals surface area contributed by atoms with E-state index in [2.05, 4.69) is 27.9 Å². The van der Waals surface area contributed by atoms with Crippen LogP contribution < -0.4 is 38.6 Å². The first kappa shape index (κ1) is 42.1. The van der Waals surface area contributed by atoms with Gasteiger partial charge in [-0.2, -0.15) is 4.98 Å². The van der Waals surface area contributed by atoms with Crippen LogP contribution in [0, 0.1) is 0 Å². The van der Waals surface area contributed by atoms with Crippen LogP contribution in [0.25, 0.3) is 16.4 Å². The summed E-state index contributed by atoms with van der Waals surface area (Å²) in [5.74, 6) is 3.84. The van der Waals surface area contributed by atoms with Gasteiger partial charge in [0.2, 0.25) is 0 Å². The number of rotatable bonds is 21. The van der Waals surface area contributed by atoms with Gasteiger partial charge in [0.1, 0.15) is 41.5 Å². The number of carbonyl (C=O) groups excluding carboxylic acids is 1. The maximum Gasteiger partial charge on any atom is 0.406 e. The van der Waals surface area contributed by atoms with Crippen molar-refractivity contribution in [3.05, 3.63) is 101 Å². The Morgan fingerprint density at radius 1 is 0.814 bits per heavy atom. The summed E-state index contributed by atoms with van der Waals surface area (Å²) < 4.78 is 41.7. The van der Waals surface area contributed by atoms with Crippen molar-refractivity contribution in [1.82, 2.24) is 24.9 Å². The highest BCUT2D eigenvalue weighted by Crippen LogP contribution is 2.35. The van der Waals surface area contributed by atoms with Gasteiger partial charge in [0.05, 0.1) is 54.0 Å². The van der Waals surface area contributed by atoms with Crippen LogP contribution in [0.3, 0.4) is 0 Å². The molecule has 0 bridgehead atoms. The van der Waals surface area contributed by atoms with Crippen molar-refractivity contribution in [2.75, 3.05) is 60.2 Å². The molecular formula is C44H52N6O9. The molecule has 0 saturated carbocycles. The summed E-state index contributed by atoms with van der Waals surface area (Å²) >= 11 is 0. The van der Waals surface area contributed by atoms with Crippen molar-refractivity contribution >= 4 is 28.3 Å². The van der Waals surface area contributed by atoms with Crippen LogP contribution in [-0.4, -0.2) is 92.2 Å². The van der Waals surface area contributed by atoms with E-state index in [0.717, 1.165) is 39.6 Å². The van der Waals surface area contributed by atoms with Gasteiger partial charge in [0.15, 0.2) is 11.5 Å². The Balaban J connectivity index is 1.46. The third kappa shape index (κ3) is 10.2. The number of amides is 1. The standard InChI is InChI=1S/C44H52N6O9/c1-7-10-33(19-21-51)59-43-47-42(49(27-30-13-16-34(53-2)24-39(30)55-4)28-31-14-17-35(54-3)25-40(31)56-5)41-46-26-32(50(41)48-43)23-29-15-18-38(37-12-9-8-11-36(29)37)58-22-20-45-44(52)57-6/h8-9,11-18,24-26,33,51H,7,10,19-23,27-28H2,1-6H3,(H,45,52). The highest BCUT2D eigenvalue weighted by Gasteiger charge is 2.24. The molecule has 6 rings (SSSR count). The molecule has 15 heteroatoms. The molecule has 0 saturated heterocycles. The third-order valence-corrected chi connectivity index (χ3v) is 9.90. The fourth-order valence-electron chi connectivity index (χ4n) is 6.93. The zero-order chi connectivity index (χ0) is 41.7. The topological polar surface area (TPSA) is 160 Å². The predicted octanol–water partition coefficient (Wildman–Crippen LogP) is 6.77. The molecule has 0 fully saturated rings. The number of nitrogens with zero attached hydrogens (tertiary/aromatic N) is 5. The number of anilines is 1. The van der Waals surface area contributed by atoms with Crippen molar-refractivity contribution in [2.45, 2.75) is 51.8 Å². The van der Waals surface area contributed by atoms with Crippen molar-refractivity contribution in [3.63, 3.8) is 0 Å². The first-order valence-corrected chi connectivity index (χ1v) is 19.5. The van der Waals surface area contributed by atoms with Gasteiger partial charge < -0.3 is 48.5 Å². The number of hydrogen-bond acceptors (Lipinski definition) is 13. The molecule has 0 spiro atoms. The molecule has 2 aromatic heterocycles. The lowest BCUT2D eigenvalue weighted by Crippen LogP contribution is -2.27. The average molecular weight is 809 g/mol. The lowest BCUT2D eigenvalue weighted by Gasteiger charge is -2.27. The minimum absolute atomic E-state index is 0.0364. The minimum atomic E-state index is -0.513. The molecule has 1 unspecified atom stereocenters. The second-order valence-electron chi connectivity index (χ2n) is 13.7. The SMILES string of the molecule is CCCC(CCO)Oc1nc(N(Cc2ccc(OC)cc2OC)Cc2ccc(OC)cc2OC)c2ncc(Cc3ccc(OCCNC(=O)OC)c4ccccc34)n2n1. The summed E-state index contributed by atoms with van der Waals surface area (Å²) in [6, 6.07) is 23.6. The summed E-state index contributed by atoms with van der Waals surface area (Å²) in [5, 5.41) is 19.4. The Morgan fingerprint density at radius 2 is 1.47 bits per heavy atom. The van der Waals surface area contributed by atoms with Crippen LogP contribution in [0.15, 0.2) is 79.0 Å². The number of alkyl carbamates (subject to hydrolysis) is 1. The van der Waals surface area contributed by atoms with E-state index >= 15 is 0 Å². The van der Waals surface area contributed by atoms with Crippen molar-refractivity contribution < 1.29 is 43.1 Å². The maximum absolute atomic E-state index is 11.5. The third-order valence-electron chi connectivity index (χ3n) is 9.90. The number of ether oxygens (including phenoxy) is 7. The first-order chi connectivity index (χ1) is 28.8. The molecule has 4 aromatic carbocycles. The van der Waals surface area contributed by atoms with Crippen LogP contribution in [0.5, 0.6) is 34.8 Å². The van der Waals surface area contributed by atoms with Crippen LogP contribution in [0.4, 0.5) is 10.6 Å². The molecule has 1 amide bonds. The molecule has 15 nitrogen and oxygen atoms in total. The van der Waals surface area contributed by atoms with Gasteiger partial charge in [0, 0.05) is 61.2 Å². The van der Waals surface area contributed by atoms with Crippen molar-refractivity contribution in [2.24, 2.45) is 0 Å². The molecule has 2 heterocycles. The number of aliphatic hydroxyl groups is 1. The molecule has 6 aromatic rings. The van der Waals surface area contributed by atoms with Gasteiger partial charge >= 0.3 is 12.1 Å². The summed E-state index contributed by atoms with van der Waals surface area (Å²) in [5.41, 5.74) is 4.10. The van der Waals surface area contributed by atoms with Crippen LogP contribution in [-0.2, 0) is 24.2 Å². The Kier molecular flexibility index (Phi) is 14.5. The fraction of sp³-hybridized carbons (Fsp3) is 0.364. The molecule has 1 atom stereocenters. The van der Waals surface area contributed by atoms with Gasteiger partial charge in [0.25, 0.3) is 0 Å². The average Bonchev–Trinajstić information content (AvgIpc) is 3.67. The monoisotopic (exact) mass is 808 g/mol. The summed E-state index contributed by atoms with van der Waals surface area (Å²) in [4.78, 5) is 23.6. The van der Waals surface area contributed by atoms with Crippen molar-refractivity contribution in [3.8, 4) is 34.8 Å². The number of nitrogens with one attached hydrogen (secondary N) is 1. The number of methoxy groups -OCH3 is 5. The second-order valence-corrected chi connectivity index (χ2v) is 13.7. The molecule has 0 aliphatic heterocycles. The van der Waals surface area contributed by atoms with E-state index < -0.39 is 6.09 Å². The largest absolute Gasteiger partial charge is 0.497 e. The number of hydrogen-bond donors (Lipinski definition) is 2. The zero-order valence-electron chi connectivity index (χ0n) is 34.4. The van der Waals surface area contributed by atoms with E-state index in [1.54, 1.807) is 33.0 Å². The van der Waals surface area contributed by atoms with Gasteiger partial charge in [-0.05, 0) is 47.7 Å². The molecule has 59 heavy (non-hydrogen) atoms. The smallest absolute Gasteiger partial charge is 0.406 e. The van der Waals surface area contributed by atoms with E-state index in [-0.39, 0.29) is 25.3 Å². The second kappa shape index (κ2) is 20.3. The molecule has 2 N–H and O–H groups in total. The van der Waals surface area contributed by atoms with Crippen LogP contribution in [0.1, 0.15) is 48.6 Å². The molecule has 312 valence electrons. The number of imidazole rings is 1. The summed E-state index contributed by atoms with van der Waals surface area (Å²) in [6.07, 6.45) is 3.45. The van der Waals surface area contributed by atoms with Gasteiger partial charge in [-0.3, -0.25) is 0 Å². The Hall–Kier alpha value is -6.48. The summed E-state index contributed by atoms with van der Waals surface area (Å²) in [7, 11) is 7.82. The normalized spacial score (nSPS) is 11.6. The highest BCUT2D eigenvalue weighted by atomic mass is 16.5. The predicted molar refractivity (Wildman–Crippen MR) is 223 cm³/mol. The lowest BCUT2D eigenvalue weighted by atomic mass is 10.0. The van der Waals surface area contributed by atoms with Crippen LogP contribution >= 0.6 is 0 Å². The van der Waals surface area contributed by atoms with Gasteiger partial charge in [-0.25, -0.2) is 14.3 Å². The number of aliphatic hydroxyl groups excluding tert-OH is 1. The quantitative estimate of drug-likeness (QED) is 0.0734. The lowest BCUT2D eigenvalue weighted by molar-refractivity contribution is 0.133. The molecular weight excluding hydrogens is 757 g/mol. The van der Waals surface area contributed by atoms with E-state index in [9.17, 15) is 9.90 Å². The van der Waals surface area contributed by atoms with E-state index in [4.69, 9.17) is 43.5 Å². The van der Waals surface area contributed by atoms with Crippen LogP contribution in [0.2, 0.25) is 0 Å². The maximum atomic E-state index is 11.5. The fourth-order valence-corrected chi connectivity index (χ4v) is 6.93. The van der Waals surface area contributed by atoms with E-state index in [1.165, 1.54) is 7.11 Å². The highest BCUT2D eigenvalue weighted by molar-refractivity contribution is 5.91. The first-order valence-electron chi connectivity index (χ1n) is 19.5. The number of fused-ring (bicyclic) bond motifs is 2. The minimum Gasteiger partial charge on any atom is -0.497 e. The number of carbonyl (C=O) groups is 1. The summed E-state index contributed by atoms with van der Waals surface area (Å²) in [6.45, 7) is 3.31.